The van der Waals surface area contributed by atoms with Gasteiger partial charge in [0.05, 0.1) is 6.61 Å². The van der Waals surface area contributed by atoms with Gasteiger partial charge in [-0.3, -0.25) is 4.79 Å². The summed E-state index contributed by atoms with van der Waals surface area (Å²) in [6.45, 7) is 4.29. The van der Waals surface area contributed by atoms with Gasteiger partial charge in [-0.25, -0.2) is 0 Å². The normalized spacial score (nSPS) is 14.3. The predicted molar refractivity (Wildman–Crippen MR) is 99.4 cm³/mol. The third-order valence-electron chi connectivity index (χ3n) is 4.41. The molecule has 0 heterocycles. The molecular weight excluding hydrogens is 314 g/mol. The second-order valence-electron chi connectivity index (χ2n) is 6.35. The molecule has 1 amide bonds. The van der Waals surface area contributed by atoms with Gasteiger partial charge in [0.15, 0.2) is 6.10 Å². The van der Waals surface area contributed by atoms with Crippen LogP contribution in [0.5, 0.6) is 11.5 Å². The molecule has 2 aromatic carbocycles. The number of hydrogen-bond donors (Lipinski definition) is 1. The molecule has 0 spiro atoms. The lowest BCUT2D eigenvalue weighted by molar-refractivity contribution is -0.122. The first kappa shape index (κ1) is 17.3. The van der Waals surface area contributed by atoms with E-state index in [0.717, 1.165) is 24.3 Å². The van der Waals surface area contributed by atoms with E-state index >= 15 is 0 Å². The van der Waals surface area contributed by atoms with Gasteiger partial charge in [0, 0.05) is 11.8 Å². The molecule has 0 radical (unpaired) electrons. The van der Waals surface area contributed by atoms with E-state index in [1.54, 1.807) is 6.92 Å². The Morgan fingerprint density at radius 1 is 1.08 bits per heavy atom. The van der Waals surface area contributed by atoms with Gasteiger partial charge in [-0.05, 0) is 74.9 Å². The molecule has 132 valence electrons. The van der Waals surface area contributed by atoms with Crippen molar-refractivity contribution in [2.75, 3.05) is 11.9 Å². The minimum Gasteiger partial charge on any atom is -0.494 e. The third-order valence-corrected chi connectivity index (χ3v) is 4.41. The van der Waals surface area contributed by atoms with Crippen LogP contribution in [0.1, 0.15) is 37.8 Å². The maximum absolute atomic E-state index is 12.4. The van der Waals surface area contributed by atoms with Gasteiger partial charge in [-0.1, -0.05) is 12.1 Å². The SMILES string of the molecule is CCOc1cccc(NC(=O)[C@@H](C)Oc2ccc3c(c2)CCCC3)c1. The van der Waals surface area contributed by atoms with E-state index in [-0.39, 0.29) is 5.91 Å². The molecule has 1 atom stereocenters. The fraction of sp³-hybridized carbons (Fsp3) is 0.381. The molecule has 0 aliphatic heterocycles. The first-order chi connectivity index (χ1) is 12.2. The lowest BCUT2D eigenvalue weighted by Gasteiger charge is -2.19. The van der Waals surface area contributed by atoms with E-state index in [2.05, 4.69) is 17.4 Å². The molecule has 0 saturated carbocycles. The van der Waals surface area contributed by atoms with E-state index in [1.165, 1.54) is 24.0 Å². The number of carbonyl (C=O) groups is 1. The number of anilines is 1. The highest BCUT2D eigenvalue weighted by Crippen LogP contribution is 2.26. The number of benzene rings is 2. The molecule has 25 heavy (non-hydrogen) atoms. The van der Waals surface area contributed by atoms with E-state index < -0.39 is 6.10 Å². The summed E-state index contributed by atoms with van der Waals surface area (Å²) < 4.78 is 11.3. The van der Waals surface area contributed by atoms with Gasteiger partial charge >= 0.3 is 0 Å². The minimum atomic E-state index is -0.572. The summed E-state index contributed by atoms with van der Waals surface area (Å²) >= 11 is 0. The number of ether oxygens (including phenoxy) is 2. The number of hydrogen-bond acceptors (Lipinski definition) is 3. The van der Waals surface area contributed by atoms with Crippen molar-refractivity contribution >= 4 is 11.6 Å². The molecule has 3 rings (SSSR count). The monoisotopic (exact) mass is 339 g/mol. The van der Waals surface area contributed by atoms with Crippen LogP contribution in [0.2, 0.25) is 0 Å². The highest BCUT2D eigenvalue weighted by molar-refractivity contribution is 5.94. The number of fused-ring (bicyclic) bond motifs is 1. The van der Waals surface area contributed by atoms with Crippen LogP contribution in [0.3, 0.4) is 0 Å². The Labute approximate surface area is 149 Å². The molecule has 0 fully saturated rings. The topological polar surface area (TPSA) is 47.6 Å². The van der Waals surface area contributed by atoms with Crippen molar-refractivity contribution in [3.05, 3.63) is 53.6 Å². The molecule has 4 nitrogen and oxygen atoms in total. The highest BCUT2D eigenvalue weighted by Gasteiger charge is 2.17. The van der Waals surface area contributed by atoms with Crippen molar-refractivity contribution in [1.82, 2.24) is 0 Å². The van der Waals surface area contributed by atoms with Gasteiger partial charge in [0.25, 0.3) is 5.91 Å². The molecule has 2 aromatic rings. The van der Waals surface area contributed by atoms with Gasteiger partial charge in [0.2, 0.25) is 0 Å². The zero-order valence-electron chi connectivity index (χ0n) is 14.9. The van der Waals surface area contributed by atoms with Crippen LogP contribution in [0, 0.1) is 0 Å². The van der Waals surface area contributed by atoms with E-state index in [9.17, 15) is 4.79 Å². The Kier molecular flexibility index (Phi) is 5.59. The van der Waals surface area contributed by atoms with Crippen molar-refractivity contribution in [3.8, 4) is 11.5 Å². The Morgan fingerprint density at radius 3 is 2.68 bits per heavy atom. The molecule has 0 saturated heterocycles. The van der Waals surface area contributed by atoms with Crippen molar-refractivity contribution in [1.29, 1.82) is 0 Å². The first-order valence-electron chi connectivity index (χ1n) is 8.98. The summed E-state index contributed by atoms with van der Waals surface area (Å²) in [6, 6.07) is 13.5. The van der Waals surface area contributed by atoms with E-state index in [0.29, 0.717) is 12.3 Å². The quantitative estimate of drug-likeness (QED) is 0.850. The minimum absolute atomic E-state index is 0.175. The van der Waals surface area contributed by atoms with Crippen LogP contribution in [-0.2, 0) is 17.6 Å². The molecule has 0 unspecified atom stereocenters. The number of amides is 1. The highest BCUT2D eigenvalue weighted by atomic mass is 16.5. The van der Waals surface area contributed by atoms with Crippen LogP contribution < -0.4 is 14.8 Å². The molecule has 0 aromatic heterocycles. The standard InChI is InChI=1S/C21H25NO3/c1-3-24-19-10-6-9-18(14-19)22-21(23)15(2)25-20-12-11-16-7-4-5-8-17(16)13-20/h6,9-15H,3-5,7-8H2,1-2H3,(H,22,23)/t15-/m1/s1. The van der Waals surface area contributed by atoms with E-state index in [4.69, 9.17) is 9.47 Å². The molecule has 1 aliphatic rings. The average molecular weight is 339 g/mol. The van der Waals surface area contributed by atoms with Crippen LogP contribution in [0.4, 0.5) is 5.69 Å². The van der Waals surface area contributed by atoms with Gasteiger partial charge in [-0.15, -0.1) is 0 Å². The van der Waals surface area contributed by atoms with Crippen LogP contribution in [-0.4, -0.2) is 18.6 Å². The lowest BCUT2D eigenvalue weighted by Crippen LogP contribution is -2.30. The van der Waals surface area contributed by atoms with Crippen LogP contribution in [0.25, 0.3) is 0 Å². The predicted octanol–water partition coefficient (Wildman–Crippen LogP) is 4.37. The van der Waals surface area contributed by atoms with Crippen molar-refractivity contribution in [3.63, 3.8) is 0 Å². The smallest absolute Gasteiger partial charge is 0.265 e. The van der Waals surface area contributed by atoms with Crippen molar-refractivity contribution in [2.45, 2.75) is 45.6 Å². The summed E-state index contributed by atoms with van der Waals surface area (Å²) in [5.74, 6) is 1.32. The summed E-state index contributed by atoms with van der Waals surface area (Å²) in [7, 11) is 0. The van der Waals surface area contributed by atoms with Crippen LogP contribution >= 0.6 is 0 Å². The number of aryl methyl sites for hydroxylation is 2. The van der Waals surface area contributed by atoms with E-state index in [1.807, 2.05) is 37.3 Å². The number of rotatable bonds is 6. The Hall–Kier alpha value is -2.49. The van der Waals surface area contributed by atoms with Gasteiger partial charge in [0.1, 0.15) is 11.5 Å². The van der Waals surface area contributed by atoms with Crippen molar-refractivity contribution < 1.29 is 14.3 Å². The summed E-state index contributed by atoms with van der Waals surface area (Å²) in [6.07, 6.45) is 4.15. The lowest BCUT2D eigenvalue weighted by atomic mass is 9.92. The second-order valence-corrected chi connectivity index (χ2v) is 6.35. The molecule has 0 bridgehead atoms. The Morgan fingerprint density at radius 2 is 1.88 bits per heavy atom. The first-order valence-corrected chi connectivity index (χ1v) is 8.98. The third kappa shape index (κ3) is 4.53. The molecular formula is C21H25NO3. The van der Waals surface area contributed by atoms with Crippen LogP contribution in [0.15, 0.2) is 42.5 Å². The Bertz CT molecular complexity index is 742. The summed E-state index contributed by atoms with van der Waals surface area (Å²) in [4.78, 5) is 12.4. The molecule has 4 heteroatoms. The summed E-state index contributed by atoms with van der Waals surface area (Å²) in [5.41, 5.74) is 3.46. The zero-order valence-corrected chi connectivity index (χ0v) is 14.9. The maximum Gasteiger partial charge on any atom is 0.265 e. The average Bonchev–Trinajstić information content (AvgIpc) is 2.62. The van der Waals surface area contributed by atoms with Gasteiger partial charge in [-0.2, -0.15) is 0 Å². The summed E-state index contributed by atoms with van der Waals surface area (Å²) in [5, 5.41) is 2.88. The fourth-order valence-corrected chi connectivity index (χ4v) is 3.11. The second kappa shape index (κ2) is 8.06. The molecule has 1 aliphatic carbocycles. The fourth-order valence-electron chi connectivity index (χ4n) is 3.11. The maximum atomic E-state index is 12.4. The molecule has 1 N–H and O–H groups in total. The Balaban J connectivity index is 1.62. The number of carbonyl (C=O) groups excluding carboxylic acids is 1. The number of nitrogens with one attached hydrogen (secondary N) is 1. The largest absolute Gasteiger partial charge is 0.494 e. The van der Waals surface area contributed by atoms with Gasteiger partial charge < -0.3 is 14.8 Å². The zero-order chi connectivity index (χ0) is 17.6. The van der Waals surface area contributed by atoms with Crippen molar-refractivity contribution in [2.24, 2.45) is 0 Å².